The van der Waals surface area contributed by atoms with E-state index in [-0.39, 0.29) is 0 Å². The minimum Gasteiger partial charge on any atom is -0.475 e. The average Bonchev–Trinajstić information content (AvgIpc) is 3.29. The minimum absolute atomic E-state index is 0.328. The number of nitrogen functional groups attached to an aromatic ring is 1. The fourth-order valence-electron chi connectivity index (χ4n) is 4.55. The minimum atomic E-state index is -5.08. The van der Waals surface area contributed by atoms with Crippen molar-refractivity contribution in [2.75, 3.05) is 32.2 Å². The van der Waals surface area contributed by atoms with Crippen molar-refractivity contribution < 1.29 is 32.2 Å². The third-order valence-corrected chi connectivity index (χ3v) is 6.66. The number of nitrogens with zero attached hydrogens (tertiary/aromatic N) is 6. The number of hydrazine groups is 1. The van der Waals surface area contributed by atoms with E-state index in [1.54, 1.807) is 4.68 Å². The molecule has 4 aromatic rings. The number of rotatable bonds is 5. The fourth-order valence-corrected chi connectivity index (χ4v) is 4.55. The summed E-state index contributed by atoms with van der Waals surface area (Å²) in [6.07, 6.45) is -4.13. The van der Waals surface area contributed by atoms with Gasteiger partial charge in [0.2, 0.25) is 0 Å². The Kier molecular flexibility index (Phi) is 8.01. The summed E-state index contributed by atoms with van der Waals surface area (Å²) >= 11 is 0. The van der Waals surface area contributed by atoms with Crippen LogP contribution in [0.2, 0.25) is 0 Å². The highest BCUT2D eigenvalue weighted by Gasteiger charge is 2.38. The first-order valence-electron chi connectivity index (χ1n) is 12.6. The van der Waals surface area contributed by atoms with E-state index in [1.807, 2.05) is 54.6 Å². The van der Waals surface area contributed by atoms with Crippen molar-refractivity contribution >= 4 is 22.8 Å². The van der Waals surface area contributed by atoms with Gasteiger partial charge in [0, 0.05) is 18.7 Å². The van der Waals surface area contributed by atoms with Gasteiger partial charge in [0.25, 0.3) is 0 Å². The lowest BCUT2D eigenvalue weighted by molar-refractivity contribution is -0.192. The molecule has 0 saturated carbocycles. The number of hydrogen-bond donors (Lipinski definition) is 3. The molecule has 0 aliphatic carbocycles. The standard InChI is InChI=1S/C24H25FN8O.C2HF3O2/c25-19-12-31(32-14-27-15-32)11-10-20(19)33-24-21(23(26)28-13-29-24)22(30-33)16-6-8-18(9-7-16)34-17-4-2-1-3-5-17;3-2(4,5)1(6)7/h1-9,13,19-20,27H,10-12,14-15H2,(H2,26,28,29);(H,6,7). The van der Waals surface area contributed by atoms with Crippen LogP contribution in [0.1, 0.15) is 12.5 Å². The molecule has 2 aromatic heterocycles. The molecule has 2 unspecified atom stereocenters. The van der Waals surface area contributed by atoms with Crippen molar-refractivity contribution in [1.29, 1.82) is 0 Å². The summed E-state index contributed by atoms with van der Waals surface area (Å²) < 4.78 is 54.7. The number of halogens is 4. The summed E-state index contributed by atoms with van der Waals surface area (Å²) in [4.78, 5) is 17.5. The molecule has 2 aliphatic heterocycles. The van der Waals surface area contributed by atoms with E-state index < -0.39 is 24.4 Å². The van der Waals surface area contributed by atoms with E-state index >= 15 is 4.39 Å². The predicted octanol–water partition coefficient (Wildman–Crippen LogP) is 3.82. The molecule has 15 heteroatoms. The summed E-state index contributed by atoms with van der Waals surface area (Å²) in [6, 6.07) is 16.8. The number of nitrogens with two attached hydrogens (primary N) is 1. The van der Waals surface area contributed by atoms with Crippen LogP contribution in [0.5, 0.6) is 11.5 Å². The summed E-state index contributed by atoms with van der Waals surface area (Å²) in [6.45, 7) is 2.62. The van der Waals surface area contributed by atoms with Crippen molar-refractivity contribution in [3.05, 3.63) is 60.9 Å². The van der Waals surface area contributed by atoms with Crippen molar-refractivity contribution in [3.63, 3.8) is 0 Å². The number of ether oxygens (including phenoxy) is 1. The third kappa shape index (κ3) is 6.21. The Bertz CT molecular complexity index is 1500. The van der Waals surface area contributed by atoms with Gasteiger partial charge in [0.1, 0.15) is 35.5 Å². The lowest BCUT2D eigenvalue weighted by Gasteiger charge is -2.45. The van der Waals surface area contributed by atoms with Crippen molar-refractivity contribution in [2.24, 2.45) is 0 Å². The van der Waals surface area contributed by atoms with Crippen molar-refractivity contribution in [2.45, 2.75) is 24.8 Å². The number of carboxylic acids is 1. The van der Waals surface area contributed by atoms with E-state index in [9.17, 15) is 13.2 Å². The normalized spacial score (nSPS) is 19.7. The number of aliphatic carboxylic acids is 1. The number of carbonyl (C=O) groups is 1. The SMILES string of the molecule is Nc1ncnc2c1c(-c1ccc(Oc3ccccc3)cc1)nn2C1CCN(N2CNC2)CC1F.O=C(O)C(F)(F)F. The van der Waals surface area contributed by atoms with Crippen LogP contribution in [0.3, 0.4) is 0 Å². The van der Waals surface area contributed by atoms with Crippen LogP contribution in [0.25, 0.3) is 22.3 Å². The van der Waals surface area contributed by atoms with Gasteiger partial charge in [-0.05, 0) is 42.8 Å². The van der Waals surface area contributed by atoms with Crippen LogP contribution in [0, 0.1) is 0 Å². The van der Waals surface area contributed by atoms with Gasteiger partial charge < -0.3 is 15.6 Å². The molecule has 2 aliphatic rings. The molecule has 11 nitrogen and oxygen atoms in total. The van der Waals surface area contributed by atoms with Gasteiger partial charge in [-0.3, -0.25) is 5.32 Å². The molecule has 4 N–H and O–H groups in total. The number of alkyl halides is 4. The fraction of sp³-hybridized carbons (Fsp3) is 0.308. The maximum absolute atomic E-state index is 15.4. The second kappa shape index (κ2) is 11.6. The first-order valence-corrected chi connectivity index (χ1v) is 12.6. The molecule has 2 fully saturated rings. The van der Waals surface area contributed by atoms with Crippen LogP contribution in [0.4, 0.5) is 23.4 Å². The molecule has 41 heavy (non-hydrogen) atoms. The number of anilines is 1. The summed E-state index contributed by atoms with van der Waals surface area (Å²) in [7, 11) is 0. The molecule has 0 bridgehead atoms. The number of para-hydroxylation sites is 1. The second-order valence-electron chi connectivity index (χ2n) is 9.35. The predicted molar refractivity (Wildman–Crippen MR) is 140 cm³/mol. The zero-order chi connectivity index (χ0) is 29.1. The van der Waals surface area contributed by atoms with Crippen LogP contribution in [0.15, 0.2) is 60.9 Å². The molecular formula is C26H26F4N8O3. The first kappa shape index (κ1) is 28.2. The smallest absolute Gasteiger partial charge is 0.475 e. The summed E-state index contributed by atoms with van der Waals surface area (Å²) in [5.74, 6) is -0.959. The molecule has 0 amide bonds. The van der Waals surface area contributed by atoms with Gasteiger partial charge in [-0.15, -0.1) is 0 Å². The number of fused-ring (bicyclic) bond motifs is 1. The number of nitrogens with one attached hydrogen (secondary N) is 1. The molecule has 2 aromatic carbocycles. The van der Waals surface area contributed by atoms with Gasteiger partial charge in [0.15, 0.2) is 5.65 Å². The zero-order valence-corrected chi connectivity index (χ0v) is 21.5. The first-order chi connectivity index (χ1) is 19.6. The van der Waals surface area contributed by atoms with Crippen LogP contribution in [-0.2, 0) is 4.79 Å². The Hall–Kier alpha value is -4.34. The second-order valence-corrected chi connectivity index (χ2v) is 9.35. The molecule has 4 heterocycles. The lowest BCUT2D eigenvalue weighted by atomic mass is 10.0. The highest BCUT2D eigenvalue weighted by atomic mass is 19.4. The molecule has 216 valence electrons. The maximum atomic E-state index is 15.4. The molecule has 6 rings (SSSR count). The Labute approximate surface area is 231 Å². The van der Waals surface area contributed by atoms with E-state index in [0.717, 1.165) is 31.2 Å². The number of carboxylic acid groups (broad SMARTS) is 1. The average molecular weight is 575 g/mol. The largest absolute Gasteiger partial charge is 0.490 e. The Morgan fingerprint density at radius 3 is 2.27 bits per heavy atom. The number of aromatic nitrogens is 4. The van der Waals surface area contributed by atoms with Crippen LogP contribution >= 0.6 is 0 Å². The van der Waals surface area contributed by atoms with Gasteiger partial charge in [-0.1, -0.05) is 18.2 Å². The molecule has 0 radical (unpaired) electrons. The Morgan fingerprint density at radius 1 is 1.02 bits per heavy atom. The Morgan fingerprint density at radius 2 is 1.68 bits per heavy atom. The number of hydrogen-bond acceptors (Lipinski definition) is 9. The number of piperidine rings is 1. The van der Waals surface area contributed by atoms with Crippen LogP contribution in [-0.4, -0.2) is 79.6 Å². The molecular weight excluding hydrogens is 548 g/mol. The van der Waals surface area contributed by atoms with Crippen LogP contribution < -0.4 is 15.8 Å². The maximum Gasteiger partial charge on any atom is 0.490 e. The third-order valence-electron chi connectivity index (χ3n) is 6.66. The van der Waals surface area contributed by atoms with E-state index in [1.165, 1.54) is 6.33 Å². The van der Waals surface area contributed by atoms with E-state index in [2.05, 4.69) is 25.3 Å². The van der Waals surface area contributed by atoms with Gasteiger partial charge in [0.05, 0.1) is 24.8 Å². The van der Waals surface area contributed by atoms with E-state index in [4.69, 9.17) is 25.5 Å². The Balaban J connectivity index is 0.000000431. The molecule has 0 spiro atoms. The topological polar surface area (TPSA) is 135 Å². The molecule has 2 atom stereocenters. The molecule has 2 saturated heterocycles. The zero-order valence-electron chi connectivity index (χ0n) is 21.5. The van der Waals surface area contributed by atoms with Gasteiger partial charge >= 0.3 is 12.1 Å². The monoisotopic (exact) mass is 574 g/mol. The van der Waals surface area contributed by atoms with Gasteiger partial charge in [-0.2, -0.15) is 18.3 Å². The summed E-state index contributed by atoms with van der Waals surface area (Å²) in [5.41, 5.74) is 8.28. The van der Waals surface area contributed by atoms with Crippen molar-refractivity contribution in [1.82, 2.24) is 35.1 Å². The highest BCUT2D eigenvalue weighted by molar-refractivity contribution is 5.98. The van der Waals surface area contributed by atoms with Gasteiger partial charge in [-0.25, -0.2) is 33.9 Å². The highest BCUT2D eigenvalue weighted by Crippen LogP contribution is 2.36. The summed E-state index contributed by atoms with van der Waals surface area (Å²) in [5, 5.41) is 20.0. The van der Waals surface area contributed by atoms with Crippen molar-refractivity contribution in [3.8, 4) is 22.8 Å². The lowest BCUT2D eigenvalue weighted by Crippen LogP contribution is -2.63. The van der Waals surface area contributed by atoms with E-state index in [0.29, 0.717) is 41.3 Å². The number of benzene rings is 2. The quantitative estimate of drug-likeness (QED) is 0.302.